The van der Waals surface area contributed by atoms with Crippen LogP contribution < -0.4 is 10.6 Å². The molecule has 88 valence electrons. The number of rotatable bonds is 3. The predicted octanol–water partition coefficient (Wildman–Crippen LogP) is 0.113. The highest BCUT2D eigenvalue weighted by Crippen LogP contribution is 2.30. The first kappa shape index (κ1) is 10.9. The number of nitrogens with two attached hydrogens (primary N) is 1. The zero-order chi connectivity index (χ0) is 11.7. The zero-order valence-corrected chi connectivity index (χ0v) is 9.17. The lowest BCUT2D eigenvalue weighted by Crippen LogP contribution is -2.25. The molecule has 1 aliphatic rings. The van der Waals surface area contributed by atoms with Gasteiger partial charge in [0.05, 0.1) is 4.92 Å². The van der Waals surface area contributed by atoms with E-state index in [2.05, 4.69) is 5.10 Å². The summed E-state index contributed by atoms with van der Waals surface area (Å²) in [7, 11) is 1.72. The summed E-state index contributed by atoms with van der Waals surface area (Å²) in [6.07, 6.45) is 2.28. The Labute approximate surface area is 93.0 Å². The van der Waals surface area contributed by atoms with Crippen LogP contribution in [0.25, 0.3) is 0 Å². The van der Waals surface area contributed by atoms with Crippen molar-refractivity contribution < 1.29 is 4.92 Å². The molecule has 1 saturated heterocycles. The molecule has 1 aromatic heterocycles. The lowest BCUT2D eigenvalue weighted by atomic mass is 10.1. The average molecular weight is 225 g/mol. The molecule has 0 bridgehead atoms. The Morgan fingerprint density at radius 3 is 3.06 bits per heavy atom. The minimum Gasteiger partial charge on any atom is -0.351 e. The maximum atomic E-state index is 10.8. The van der Waals surface area contributed by atoms with Crippen molar-refractivity contribution in [3.05, 3.63) is 16.3 Å². The van der Waals surface area contributed by atoms with Gasteiger partial charge in [0.15, 0.2) is 0 Å². The number of hydrogen-bond donors (Lipinski definition) is 1. The third kappa shape index (κ3) is 1.73. The van der Waals surface area contributed by atoms with E-state index in [9.17, 15) is 10.1 Å². The number of hydrogen-bond acceptors (Lipinski definition) is 5. The van der Waals surface area contributed by atoms with Crippen molar-refractivity contribution in [2.75, 3.05) is 24.5 Å². The fourth-order valence-corrected chi connectivity index (χ4v) is 2.13. The minimum absolute atomic E-state index is 0.0696. The standard InChI is InChI=1S/C9H15N5O2/c1-12-9(8(5-11-12)14(15)16)13-3-2-7(4-10)6-13/h5,7H,2-4,6,10H2,1H3. The highest BCUT2D eigenvalue weighted by atomic mass is 16.6. The molecule has 1 aliphatic heterocycles. The van der Waals surface area contributed by atoms with Crippen LogP contribution in [-0.4, -0.2) is 34.3 Å². The molecule has 0 aliphatic carbocycles. The van der Waals surface area contributed by atoms with E-state index in [4.69, 9.17) is 5.73 Å². The van der Waals surface area contributed by atoms with E-state index >= 15 is 0 Å². The minimum atomic E-state index is -0.391. The second kappa shape index (κ2) is 4.09. The van der Waals surface area contributed by atoms with Crippen LogP contribution in [0.4, 0.5) is 11.5 Å². The average Bonchev–Trinajstić information content (AvgIpc) is 2.83. The summed E-state index contributed by atoms with van der Waals surface area (Å²) < 4.78 is 1.55. The van der Waals surface area contributed by atoms with E-state index in [1.807, 2.05) is 4.90 Å². The van der Waals surface area contributed by atoms with Gasteiger partial charge in [-0.05, 0) is 18.9 Å². The molecule has 0 radical (unpaired) electrons. The summed E-state index contributed by atoms with van der Waals surface area (Å²) in [5, 5.41) is 14.8. The van der Waals surface area contributed by atoms with E-state index in [-0.39, 0.29) is 5.69 Å². The van der Waals surface area contributed by atoms with Crippen LogP contribution in [0.5, 0.6) is 0 Å². The van der Waals surface area contributed by atoms with Gasteiger partial charge in [0, 0.05) is 20.1 Å². The van der Waals surface area contributed by atoms with Crippen molar-refractivity contribution >= 4 is 11.5 Å². The molecule has 16 heavy (non-hydrogen) atoms. The first-order valence-corrected chi connectivity index (χ1v) is 5.25. The molecule has 0 saturated carbocycles. The van der Waals surface area contributed by atoms with Crippen LogP contribution in [0, 0.1) is 16.0 Å². The molecule has 1 aromatic rings. The Balaban J connectivity index is 2.26. The van der Waals surface area contributed by atoms with Crippen LogP contribution in [0.15, 0.2) is 6.20 Å². The van der Waals surface area contributed by atoms with Crippen LogP contribution in [0.2, 0.25) is 0 Å². The predicted molar refractivity (Wildman–Crippen MR) is 59.2 cm³/mol. The maximum Gasteiger partial charge on any atom is 0.331 e. The molecule has 2 N–H and O–H groups in total. The molecule has 0 spiro atoms. The Morgan fingerprint density at radius 1 is 1.75 bits per heavy atom. The summed E-state index contributed by atoms with van der Waals surface area (Å²) in [6.45, 7) is 2.21. The lowest BCUT2D eigenvalue weighted by molar-refractivity contribution is -0.384. The largest absolute Gasteiger partial charge is 0.351 e. The van der Waals surface area contributed by atoms with E-state index in [0.717, 1.165) is 19.5 Å². The van der Waals surface area contributed by atoms with Gasteiger partial charge in [0.2, 0.25) is 5.82 Å². The fourth-order valence-electron chi connectivity index (χ4n) is 2.13. The van der Waals surface area contributed by atoms with Crippen molar-refractivity contribution in [1.82, 2.24) is 9.78 Å². The second-order valence-electron chi connectivity index (χ2n) is 4.07. The summed E-state index contributed by atoms with van der Waals surface area (Å²) >= 11 is 0. The van der Waals surface area contributed by atoms with Gasteiger partial charge in [-0.3, -0.25) is 10.1 Å². The molecule has 1 atom stereocenters. The van der Waals surface area contributed by atoms with Crippen molar-refractivity contribution in [1.29, 1.82) is 0 Å². The zero-order valence-electron chi connectivity index (χ0n) is 9.17. The van der Waals surface area contributed by atoms with E-state index in [1.165, 1.54) is 6.20 Å². The molecule has 7 heteroatoms. The van der Waals surface area contributed by atoms with E-state index in [0.29, 0.717) is 18.3 Å². The molecule has 7 nitrogen and oxygen atoms in total. The quantitative estimate of drug-likeness (QED) is 0.582. The van der Waals surface area contributed by atoms with Gasteiger partial charge < -0.3 is 10.6 Å². The smallest absolute Gasteiger partial charge is 0.331 e. The molecule has 1 unspecified atom stereocenters. The lowest BCUT2D eigenvalue weighted by Gasteiger charge is -2.17. The highest BCUT2D eigenvalue weighted by molar-refractivity contribution is 5.58. The third-order valence-corrected chi connectivity index (χ3v) is 3.00. The second-order valence-corrected chi connectivity index (χ2v) is 4.07. The van der Waals surface area contributed by atoms with Crippen LogP contribution in [0.1, 0.15) is 6.42 Å². The van der Waals surface area contributed by atoms with Gasteiger partial charge in [-0.15, -0.1) is 0 Å². The molecule has 0 aromatic carbocycles. The number of nitrogens with zero attached hydrogens (tertiary/aromatic N) is 4. The highest BCUT2D eigenvalue weighted by Gasteiger charge is 2.30. The number of nitro groups is 1. The summed E-state index contributed by atoms with van der Waals surface area (Å²) in [6, 6.07) is 0. The van der Waals surface area contributed by atoms with Gasteiger partial charge >= 0.3 is 5.69 Å². The number of anilines is 1. The van der Waals surface area contributed by atoms with Gasteiger partial charge in [-0.25, -0.2) is 4.68 Å². The first-order chi connectivity index (χ1) is 7.63. The van der Waals surface area contributed by atoms with Crippen molar-refractivity contribution in [2.24, 2.45) is 18.7 Å². The van der Waals surface area contributed by atoms with Crippen molar-refractivity contribution in [3.8, 4) is 0 Å². The SMILES string of the molecule is Cn1ncc([N+](=O)[O-])c1N1CCC(CN)C1. The van der Waals surface area contributed by atoms with Gasteiger partial charge in [-0.1, -0.05) is 0 Å². The van der Waals surface area contributed by atoms with E-state index in [1.54, 1.807) is 11.7 Å². The van der Waals surface area contributed by atoms with Crippen LogP contribution >= 0.6 is 0 Å². The Bertz CT molecular complexity index is 403. The molecule has 2 heterocycles. The monoisotopic (exact) mass is 225 g/mol. The number of aromatic nitrogens is 2. The van der Waals surface area contributed by atoms with Crippen molar-refractivity contribution in [2.45, 2.75) is 6.42 Å². The van der Waals surface area contributed by atoms with Gasteiger partial charge in [-0.2, -0.15) is 5.10 Å². The van der Waals surface area contributed by atoms with Crippen LogP contribution in [-0.2, 0) is 7.05 Å². The number of aryl methyl sites for hydroxylation is 1. The topological polar surface area (TPSA) is 90.2 Å². The van der Waals surface area contributed by atoms with Gasteiger partial charge in [0.1, 0.15) is 6.20 Å². The Hall–Kier alpha value is -1.63. The summed E-state index contributed by atoms with van der Waals surface area (Å²) in [5.74, 6) is 1.01. The normalized spacial score (nSPS) is 20.4. The van der Waals surface area contributed by atoms with E-state index < -0.39 is 4.92 Å². The third-order valence-electron chi connectivity index (χ3n) is 3.00. The molecule has 0 amide bonds. The summed E-state index contributed by atoms with van der Waals surface area (Å²) in [5.41, 5.74) is 5.67. The van der Waals surface area contributed by atoms with Crippen molar-refractivity contribution in [3.63, 3.8) is 0 Å². The summed E-state index contributed by atoms with van der Waals surface area (Å²) in [4.78, 5) is 12.4. The van der Waals surface area contributed by atoms with Crippen LogP contribution in [0.3, 0.4) is 0 Å². The Morgan fingerprint density at radius 2 is 2.50 bits per heavy atom. The molecular formula is C9H15N5O2. The Kier molecular flexibility index (Phi) is 2.78. The van der Waals surface area contributed by atoms with Gasteiger partial charge in [0.25, 0.3) is 0 Å². The fraction of sp³-hybridized carbons (Fsp3) is 0.667. The maximum absolute atomic E-state index is 10.8. The molecule has 1 fully saturated rings. The first-order valence-electron chi connectivity index (χ1n) is 5.25. The molecule has 2 rings (SSSR count). The molecular weight excluding hydrogens is 210 g/mol.